The van der Waals surface area contributed by atoms with Crippen LogP contribution in [-0.2, 0) is 9.47 Å². The molecule has 0 radical (unpaired) electrons. The van der Waals surface area contributed by atoms with Crippen LogP contribution in [0.4, 0.5) is 0 Å². The lowest BCUT2D eigenvalue weighted by atomic mass is 9.99. The Morgan fingerprint density at radius 2 is 2.07 bits per heavy atom. The normalized spacial score (nSPS) is 30.6. The summed E-state index contributed by atoms with van der Waals surface area (Å²) in [6, 6.07) is 0. The molecule has 1 aliphatic heterocycles. The third kappa shape index (κ3) is 2.94. The SMILES string of the molecule is COCC1(C)CN(C(C)(C)C)CCO1. The van der Waals surface area contributed by atoms with E-state index in [4.69, 9.17) is 9.47 Å². The largest absolute Gasteiger partial charge is 0.382 e. The molecule has 84 valence electrons. The highest BCUT2D eigenvalue weighted by molar-refractivity contribution is 4.88. The average Bonchev–Trinajstić information content (AvgIpc) is 2.02. The molecule has 0 N–H and O–H groups in total. The van der Waals surface area contributed by atoms with Crippen LogP contribution in [0, 0.1) is 0 Å². The fourth-order valence-corrected chi connectivity index (χ4v) is 1.90. The van der Waals surface area contributed by atoms with Gasteiger partial charge in [0.1, 0.15) is 5.60 Å². The highest BCUT2D eigenvalue weighted by Gasteiger charge is 2.36. The molecule has 1 heterocycles. The molecule has 1 rings (SSSR count). The van der Waals surface area contributed by atoms with Gasteiger partial charge in [0, 0.05) is 25.7 Å². The van der Waals surface area contributed by atoms with Gasteiger partial charge in [0.25, 0.3) is 0 Å². The first-order valence-electron chi connectivity index (χ1n) is 5.25. The van der Waals surface area contributed by atoms with Crippen molar-refractivity contribution in [3.05, 3.63) is 0 Å². The van der Waals surface area contributed by atoms with Crippen molar-refractivity contribution in [3.63, 3.8) is 0 Å². The zero-order valence-corrected chi connectivity index (χ0v) is 10.1. The zero-order chi connectivity index (χ0) is 10.8. The predicted molar refractivity (Wildman–Crippen MR) is 57.6 cm³/mol. The molecule has 3 heteroatoms. The Morgan fingerprint density at radius 1 is 1.43 bits per heavy atom. The summed E-state index contributed by atoms with van der Waals surface area (Å²) < 4.78 is 11.0. The van der Waals surface area contributed by atoms with Gasteiger partial charge in [-0.2, -0.15) is 0 Å². The van der Waals surface area contributed by atoms with E-state index in [0.717, 1.165) is 19.7 Å². The van der Waals surface area contributed by atoms with E-state index < -0.39 is 0 Å². The topological polar surface area (TPSA) is 21.7 Å². The Balaban J connectivity index is 2.59. The first-order valence-corrected chi connectivity index (χ1v) is 5.25. The van der Waals surface area contributed by atoms with Crippen molar-refractivity contribution in [1.82, 2.24) is 4.90 Å². The highest BCUT2D eigenvalue weighted by atomic mass is 16.5. The van der Waals surface area contributed by atoms with Crippen molar-refractivity contribution >= 4 is 0 Å². The van der Waals surface area contributed by atoms with Crippen LogP contribution in [0.15, 0.2) is 0 Å². The lowest BCUT2D eigenvalue weighted by Gasteiger charge is -2.46. The van der Waals surface area contributed by atoms with E-state index in [9.17, 15) is 0 Å². The Morgan fingerprint density at radius 3 is 2.57 bits per heavy atom. The summed E-state index contributed by atoms with van der Waals surface area (Å²) in [4.78, 5) is 2.45. The van der Waals surface area contributed by atoms with Gasteiger partial charge in [-0.05, 0) is 27.7 Å². The lowest BCUT2D eigenvalue weighted by molar-refractivity contribution is -0.144. The second-order valence-corrected chi connectivity index (χ2v) is 5.32. The molecule has 14 heavy (non-hydrogen) atoms. The van der Waals surface area contributed by atoms with E-state index in [1.165, 1.54) is 0 Å². The van der Waals surface area contributed by atoms with Crippen molar-refractivity contribution in [2.75, 3.05) is 33.4 Å². The Bertz CT molecular complexity index is 184. The van der Waals surface area contributed by atoms with Gasteiger partial charge in [-0.15, -0.1) is 0 Å². The van der Waals surface area contributed by atoms with Crippen LogP contribution < -0.4 is 0 Å². The summed E-state index contributed by atoms with van der Waals surface area (Å²) in [6.07, 6.45) is 0. The molecule has 1 fully saturated rings. The summed E-state index contributed by atoms with van der Waals surface area (Å²) in [6.45, 7) is 12.3. The molecule has 0 aromatic heterocycles. The summed E-state index contributed by atoms with van der Waals surface area (Å²) in [5, 5.41) is 0. The molecular formula is C11H23NO2. The maximum absolute atomic E-state index is 5.76. The molecule has 0 aromatic carbocycles. The van der Waals surface area contributed by atoms with Crippen molar-refractivity contribution < 1.29 is 9.47 Å². The van der Waals surface area contributed by atoms with Crippen LogP contribution in [-0.4, -0.2) is 49.5 Å². The lowest BCUT2D eigenvalue weighted by Crippen LogP contribution is -2.57. The van der Waals surface area contributed by atoms with Crippen molar-refractivity contribution in [3.8, 4) is 0 Å². The zero-order valence-electron chi connectivity index (χ0n) is 10.1. The van der Waals surface area contributed by atoms with Crippen molar-refractivity contribution in [1.29, 1.82) is 0 Å². The molecule has 1 unspecified atom stereocenters. The number of nitrogens with zero attached hydrogens (tertiary/aromatic N) is 1. The van der Waals surface area contributed by atoms with Gasteiger partial charge < -0.3 is 9.47 Å². The number of rotatable bonds is 2. The van der Waals surface area contributed by atoms with Crippen molar-refractivity contribution in [2.24, 2.45) is 0 Å². The number of morpholine rings is 1. The number of hydrogen-bond acceptors (Lipinski definition) is 3. The number of hydrogen-bond donors (Lipinski definition) is 0. The van der Waals surface area contributed by atoms with E-state index in [1.54, 1.807) is 7.11 Å². The van der Waals surface area contributed by atoms with Gasteiger partial charge in [-0.25, -0.2) is 0 Å². The van der Waals surface area contributed by atoms with E-state index >= 15 is 0 Å². The molecule has 0 aromatic rings. The predicted octanol–water partition coefficient (Wildman–Crippen LogP) is 1.52. The Hall–Kier alpha value is -0.120. The van der Waals surface area contributed by atoms with Crippen LogP contribution in [0.5, 0.6) is 0 Å². The third-order valence-electron chi connectivity index (χ3n) is 2.74. The standard InChI is InChI=1S/C11H23NO2/c1-10(2,3)12-6-7-14-11(4,8-12)9-13-5/h6-9H2,1-5H3. The second-order valence-electron chi connectivity index (χ2n) is 5.32. The fourth-order valence-electron chi connectivity index (χ4n) is 1.90. The molecule has 0 amide bonds. The molecule has 0 saturated carbocycles. The molecule has 3 nitrogen and oxygen atoms in total. The quantitative estimate of drug-likeness (QED) is 0.676. The minimum atomic E-state index is -0.139. The number of methoxy groups -OCH3 is 1. The van der Waals surface area contributed by atoms with Crippen LogP contribution in [0.25, 0.3) is 0 Å². The van der Waals surface area contributed by atoms with Crippen molar-refractivity contribution in [2.45, 2.75) is 38.8 Å². The van der Waals surface area contributed by atoms with E-state index in [0.29, 0.717) is 6.61 Å². The van der Waals surface area contributed by atoms with E-state index in [-0.39, 0.29) is 11.1 Å². The second kappa shape index (κ2) is 4.17. The van der Waals surface area contributed by atoms with Gasteiger partial charge in [-0.1, -0.05) is 0 Å². The minimum Gasteiger partial charge on any atom is -0.382 e. The first-order chi connectivity index (χ1) is 6.37. The molecule has 0 spiro atoms. The smallest absolute Gasteiger partial charge is 0.101 e. The molecule has 1 atom stereocenters. The maximum atomic E-state index is 5.76. The Kier molecular flexibility index (Phi) is 3.56. The highest BCUT2D eigenvalue weighted by Crippen LogP contribution is 2.23. The van der Waals surface area contributed by atoms with Gasteiger partial charge in [0.05, 0.1) is 13.2 Å². The van der Waals surface area contributed by atoms with Gasteiger partial charge >= 0.3 is 0 Å². The van der Waals surface area contributed by atoms with Gasteiger partial charge in [0.2, 0.25) is 0 Å². The molecule has 1 aliphatic rings. The monoisotopic (exact) mass is 201 g/mol. The molecule has 0 bridgehead atoms. The molecule has 1 saturated heterocycles. The van der Waals surface area contributed by atoms with Crippen LogP contribution in [0.2, 0.25) is 0 Å². The summed E-state index contributed by atoms with van der Waals surface area (Å²) in [5.41, 5.74) is 0.0824. The average molecular weight is 201 g/mol. The third-order valence-corrected chi connectivity index (χ3v) is 2.74. The van der Waals surface area contributed by atoms with Crippen LogP contribution >= 0.6 is 0 Å². The Labute approximate surface area is 87.4 Å². The van der Waals surface area contributed by atoms with Crippen LogP contribution in [0.1, 0.15) is 27.7 Å². The first kappa shape index (κ1) is 12.0. The fraction of sp³-hybridized carbons (Fsp3) is 1.00. The van der Waals surface area contributed by atoms with E-state index in [2.05, 4.69) is 32.6 Å². The summed E-state index contributed by atoms with van der Waals surface area (Å²) in [7, 11) is 1.73. The van der Waals surface area contributed by atoms with E-state index in [1.807, 2.05) is 0 Å². The van der Waals surface area contributed by atoms with Gasteiger partial charge in [-0.3, -0.25) is 4.90 Å². The van der Waals surface area contributed by atoms with Gasteiger partial charge in [0.15, 0.2) is 0 Å². The van der Waals surface area contributed by atoms with Crippen LogP contribution in [0.3, 0.4) is 0 Å². The molecule has 0 aliphatic carbocycles. The minimum absolute atomic E-state index is 0.139. The number of ether oxygens (including phenoxy) is 2. The molecular weight excluding hydrogens is 178 g/mol. The summed E-state index contributed by atoms with van der Waals surface area (Å²) in [5.74, 6) is 0. The summed E-state index contributed by atoms with van der Waals surface area (Å²) >= 11 is 0. The maximum Gasteiger partial charge on any atom is 0.101 e.